The van der Waals surface area contributed by atoms with Gasteiger partial charge in [-0.1, -0.05) is 43.7 Å². The van der Waals surface area contributed by atoms with Crippen LogP contribution in [0.25, 0.3) is 0 Å². The van der Waals surface area contributed by atoms with Crippen molar-refractivity contribution in [2.75, 3.05) is 0 Å². The summed E-state index contributed by atoms with van der Waals surface area (Å²) in [4.78, 5) is 11.9. The molecule has 0 aliphatic rings. The number of carbonyl (C=O) groups is 1. The number of benzene rings is 1. The molecule has 3 nitrogen and oxygen atoms in total. The van der Waals surface area contributed by atoms with E-state index in [1.165, 1.54) is 5.56 Å². The second-order valence-electron chi connectivity index (χ2n) is 4.93. The molecule has 19 heavy (non-hydrogen) atoms. The van der Waals surface area contributed by atoms with Crippen molar-refractivity contribution < 1.29 is 4.79 Å². The van der Waals surface area contributed by atoms with Gasteiger partial charge in [0.2, 0.25) is 5.91 Å². The van der Waals surface area contributed by atoms with Crippen LogP contribution in [-0.4, -0.2) is 11.4 Å². The molecule has 0 unspecified atom stereocenters. The van der Waals surface area contributed by atoms with Gasteiger partial charge in [0.1, 0.15) is 5.54 Å². The summed E-state index contributed by atoms with van der Waals surface area (Å²) in [6.45, 7) is 5.89. The summed E-state index contributed by atoms with van der Waals surface area (Å²) in [7, 11) is 0. The van der Waals surface area contributed by atoms with Gasteiger partial charge in [-0.25, -0.2) is 0 Å². The number of hydrogen-bond donors (Lipinski definition) is 1. The number of hydrogen-bond acceptors (Lipinski definition) is 2. The first kappa shape index (κ1) is 15.2. The fourth-order valence-electron chi connectivity index (χ4n) is 1.95. The van der Waals surface area contributed by atoms with Gasteiger partial charge in [-0.05, 0) is 31.7 Å². The standard InChI is InChI=1S/C16H22N2O/c1-4-16(5-2,12-17)18-15(19)11-10-14-8-6-13(3)7-9-14/h6-9H,4-5,10-11H2,1-3H3,(H,18,19). The Hall–Kier alpha value is -1.82. The first-order valence-electron chi connectivity index (χ1n) is 6.83. The molecule has 1 N–H and O–H groups in total. The predicted octanol–water partition coefficient (Wildman–Crippen LogP) is 3.13. The van der Waals surface area contributed by atoms with E-state index in [0.717, 1.165) is 5.56 Å². The van der Waals surface area contributed by atoms with Crippen molar-refractivity contribution in [3.8, 4) is 6.07 Å². The van der Waals surface area contributed by atoms with E-state index in [2.05, 4.69) is 11.4 Å². The SMILES string of the molecule is CCC(C#N)(CC)NC(=O)CCc1ccc(C)cc1. The highest BCUT2D eigenvalue weighted by atomic mass is 16.1. The van der Waals surface area contributed by atoms with E-state index in [9.17, 15) is 10.1 Å². The molecule has 1 aromatic rings. The monoisotopic (exact) mass is 258 g/mol. The maximum atomic E-state index is 11.9. The molecule has 0 saturated carbocycles. The minimum absolute atomic E-state index is 0.0502. The molecule has 0 bridgehead atoms. The summed E-state index contributed by atoms with van der Waals surface area (Å²) >= 11 is 0. The second-order valence-corrected chi connectivity index (χ2v) is 4.93. The molecular weight excluding hydrogens is 236 g/mol. The van der Waals surface area contributed by atoms with Crippen molar-refractivity contribution in [2.45, 2.75) is 52.0 Å². The van der Waals surface area contributed by atoms with E-state index >= 15 is 0 Å². The van der Waals surface area contributed by atoms with Crippen LogP contribution in [0, 0.1) is 18.3 Å². The van der Waals surface area contributed by atoms with Gasteiger partial charge in [-0.15, -0.1) is 0 Å². The lowest BCUT2D eigenvalue weighted by Gasteiger charge is -2.24. The van der Waals surface area contributed by atoms with Crippen molar-refractivity contribution in [3.05, 3.63) is 35.4 Å². The molecule has 102 valence electrons. The average molecular weight is 258 g/mol. The molecule has 1 rings (SSSR count). The Morgan fingerprint density at radius 1 is 1.26 bits per heavy atom. The summed E-state index contributed by atoms with van der Waals surface area (Å²) in [5.74, 6) is -0.0502. The van der Waals surface area contributed by atoms with Crippen LogP contribution in [0.1, 0.15) is 44.2 Å². The third-order valence-electron chi connectivity index (χ3n) is 3.56. The van der Waals surface area contributed by atoms with Crippen LogP contribution in [-0.2, 0) is 11.2 Å². The fourth-order valence-corrected chi connectivity index (χ4v) is 1.95. The minimum Gasteiger partial charge on any atom is -0.338 e. The lowest BCUT2D eigenvalue weighted by Crippen LogP contribution is -2.46. The first-order chi connectivity index (χ1) is 9.05. The van der Waals surface area contributed by atoms with Gasteiger partial charge in [0.15, 0.2) is 0 Å². The van der Waals surface area contributed by atoms with Gasteiger partial charge < -0.3 is 5.32 Å². The van der Waals surface area contributed by atoms with Gasteiger partial charge in [0, 0.05) is 6.42 Å². The predicted molar refractivity (Wildman–Crippen MR) is 76.6 cm³/mol. The molecule has 1 aromatic carbocycles. The van der Waals surface area contributed by atoms with Crippen molar-refractivity contribution in [3.63, 3.8) is 0 Å². The molecule has 0 atom stereocenters. The largest absolute Gasteiger partial charge is 0.338 e. The molecule has 0 fully saturated rings. The van der Waals surface area contributed by atoms with E-state index in [4.69, 9.17) is 0 Å². The number of rotatable bonds is 6. The number of nitrogens with one attached hydrogen (secondary N) is 1. The molecule has 1 amide bonds. The van der Waals surface area contributed by atoms with Crippen LogP contribution in [0.2, 0.25) is 0 Å². The summed E-state index contributed by atoms with van der Waals surface area (Å²) in [6.07, 6.45) is 2.40. The molecule has 3 heteroatoms. The quantitative estimate of drug-likeness (QED) is 0.852. The van der Waals surface area contributed by atoms with E-state index in [1.807, 2.05) is 45.0 Å². The van der Waals surface area contributed by atoms with Crippen LogP contribution in [0.15, 0.2) is 24.3 Å². The molecular formula is C16H22N2O. The van der Waals surface area contributed by atoms with Crippen LogP contribution < -0.4 is 5.32 Å². The number of aryl methyl sites for hydroxylation is 2. The number of carbonyl (C=O) groups excluding carboxylic acids is 1. The molecule has 0 aliphatic heterocycles. The first-order valence-corrected chi connectivity index (χ1v) is 6.83. The molecule has 0 heterocycles. The van der Waals surface area contributed by atoms with E-state index < -0.39 is 5.54 Å². The lowest BCUT2D eigenvalue weighted by molar-refractivity contribution is -0.122. The lowest BCUT2D eigenvalue weighted by atomic mass is 9.94. The van der Waals surface area contributed by atoms with Gasteiger partial charge in [0.25, 0.3) is 0 Å². The Balaban J connectivity index is 2.52. The van der Waals surface area contributed by atoms with Crippen molar-refractivity contribution in [2.24, 2.45) is 0 Å². The number of amides is 1. The van der Waals surface area contributed by atoms with E-state index in [0.29, 0.717) is 25.7 Å². The fraction of sp³-hybridized carbons (Fsp3) is 0.500. The van der Waals surface area contributed by atoms with E-state index in [-0.39, 0.29) is 5.91 Å². The third kappa shape index (κ3) is 4.40. The Kier molecular flexibility index (Phi) is 5.57. The highest BCUT2D eigenvalue weighted by Gasteiger charge is 2.27. The van der Waals surface area contributed by atoms with Crippen LogP contribution in [0.3, 0.4) is 0 Å². The second kappa shape index (κ2) is 6.94. The molecule has 0 saturated heterocycles. The highest BCUT2D eigenvalue weighted by Crippen LogP contribution is 2.14. The van der Waals surface area contributed by atoms with Crippen molar-refractivity contribution in [1.82, 2.24) is 5.32 Å². The van der Waals surface area contributed by atoms with Crippen LogP contribution in [0.5, 0.6) is 0 Å². The van der Waals surface area contributed by atoms with Crippen molar-refractivity contribution in [1.29, 1.82) is 5.26 Å². The van der Waals surface area contributed by atoms with Gasteiger partial charge >= 0.3 is 0 Å². The highest BCUT2D eigenvalue weighted by molar-refractivity contribution is 5.77. The topological polar surface area (TPSA) is 52.9 Å². The number of nitrogens with zero attached hydrogens (tertiary/aromatic N) is 1. The summed E-state index contributed by atoms with van der Waals surface area (Å²) in [5.41, 5.74) is 1.66. The Morgan fingerprint density at radius 2 is 1.84 bits per heavy atom. The Labute approximate surface area is 115 Å². The zero-order valence-corrected chi connectivity index (χ0v) is 12.0. The van der Waals surface area contributed by atoms with Gasteiger partial charge in [-0.2, -0.15) is 5.26 Å². The summed E-state index contributed by atoms with van der Waals surface area (Å²) < 4.78 is 0. The Morgan fingerprint density at radius 3 is 2.32 bits per heavy atom. The van der Waals surface area contributed by atoms with Crippen LogP contribution >= 0.6 is 0 Å². The van der Waals surface area contributed by atoms with E-state index in [1.54, 1.807) is 0 Å². The average Bonchev–Trinajstić information content (AvgIpc) is 2.44. The molecule has 0 aliphatic carbocycles. The zero-order valence-electron chi connectivity index (χ0n) is 12.0. The molecule has 0 radical (unpaired) electrons. The Bertz CT molecular complexity index is 453. The summed E-state index contributed by atoms with van der Waals surface area (Å²) in [5, 5.41) is 12.0. The van der Waals surface area contributed by atoms with Crippen LogP contribution in [0.4, 0.5) is 0 Å². The minimum atomic E-state index is -0.704. The molecule has 0 aromatic heterocycles. The normalized spacial score (nSPS) is 10.8. The van der Waals surface area contributed by atoms with Gasteiger partial charge in [-0.3, -0.25) is 4.79 Å². The molecule has 0 spiro atoms. The zero-order chi connectivity index (χ0) is 14.3. The number of nitriles is 1. The third-order valence-corrected chi connectivity index (χ3v) is 3.56. The van der Waals surface area contributed by atoms with Gasteiger partial charge in [0.05, 0.1) is 6.07 Å². The van der Waals surface area contributed by atoms with Crippen molar-refractivity contribution >= 4 is 5.91 Å². The smallest absolute Gasteiger partial charge is 0.221 e. The maximum Gasteiger partial charge on any atom is 0.221 e. The summed E-state index contributed by atoms with van der Waals surface area (Å²) in [6, 6.07) is 10.4. The maximum absolute atomic E-state index is 11.9.